The van der Waals surface area contributed by atoms with Crippen molar-refractivity contribution >= 4 is 16.0 Å². The van der Waals surface area contributed by atoms with Crippen LogP contribution in [0.2, 0.25) is 0 Å². The first-order valence-electron chi connectivity index (χ1n) is 9.12. The first kappa shape index (κ1) is 19.6. The maximum atomic E-state index is 12.9. The summed E-state index contributed by atoms with van der Waals surface area (Å²) in [6.45, 7) is 9.58. The van der Waals surface area contributed by atoms with Gasteiger partial charge in [0.2, 0.25) is 15.9 Å². The highest BCUT2D eigenvalue weighted by molar-refractivity contribution is 7.89. The summed E-state index contributed by atoms with van der Waals surface area (Å²) in [6.07, 6.45) is 0.0430. The molecular formula is C18H26N4O4S. The van der Waals surface area contributed by atoms with Gasteiger partial charge in [0.15, 0.2) is 0 Å². The fraction of sp³-hybridized carbons (Fsp3) is 0.556. The van der Waals surface area contributed by atoms with Crippen LogP contribution in [-0.4, -0.2) is 55.2 Å². The van der Waals surface area contributed by atoms with E-state index in [4.69, 9.17) is 9.15 Å². The molecule has 0 saturated carbocycles. The van der Waals surface area contributed by atoms with Gasteiger partial charge in [0.05, 0.1) is 11.0 Å². The van der Waals surface area contributed by atoms with Crippen LogP contribution in [0, 0.1) is 0 Å². The van der Waals surface area contributed by atoms with Crippen molar-refractivity contribution in [1.29, 1.82) is 0 Å². The van der Waals surface area contributed by atoms with Gasteiger partial charge in [-0.25, -0.2) is 8.42 Å². The average molecular weight is 394 g/mol. The van der Waals surface area contributed by atoms with Gasteiger partial charge in [0.1, 0.15) is 5.75 Å². The number of sulfonamides is 1. The highest BCUT2D eigenvalue weighted by Crippen LogP contribution is 2.24. The van der Waals surface area contributed by atoms with Crippen molar-refractivity contribution < 1.29 is 17.6 Å². The van der Waals surface area contributed by atoms with E-state index < -0.39 is 10.0 Å². The molecule has 0 radical (unpaired) electrons. The summed E-state index contributed by atoms with van der Waals surface area (Å²) in [7, 11) is -3.54. The standard InChI is InChI=1S/C18H26N4O4S/c1-13(2)17-19-20-18(26-17)21-9-11-22(12-10-21)27(23,24)16-7-5-15(6-8-16)25-14(3)4/h5-8,13-14H,9-12H2,1-4H3. The van der Waals surface area contributed by atoms with Crippen LogP contribution >= 0.6 is 0 Å². The molecule has 0 aliphatic carbocycles. The number of hydrogen-bond donors (Lipinski definition) is 0. The predicted octanol–water partition coefficient (Wildman–Crippen LogP) is 2.49. The maximum Gasteiger partial charge on any atom is 0.318 e. The number of aromatic nitrogens is 2. The lowest BCUT2D eigenvalue weighted by molar-refractivity contribution is 0.242. The van der Waals surface area contributed by atoms with Gasteiger partial charge in [-0.2, -0.15) is 4.31 Å². The van der Waals surface area contributed by atoms with Gasteiger partial charge >= 0.3 is 6.01 Å². The number of rotatable bonds is 6. The molecule has 2 heterocycles. The molecule has 1 saturated heterocycles. The van der Waals surface area contributed by atoms with E-state index in [0.717, 1.165) is 0 Å². The monoisotopic (exact) mass is 394 g/mol. The Labute approximate surface area is 160 Å². The molecular weight excluding hydrogens is 368 g/mol. The average Bonchev–Trinajstić information content (AvgIpc) is 3.12. The molecule has 2 aromatic rings. The van der Waals surface area contributed by atoms with Gasteiger partial charge in [0.25, 0.3) is 0 Å². The first-order chi connectivity index (χ1) is 12.8. The van der Waals surface area contributed by atoms with Crippen LogP contribution in [0.25, 0.3) is 0 Å². The summed E-state index contributed by atoms with van der Waals surface area (Å²) in [6, 6.07) is 7.01. The fourth-order valence-corrected chi connectivity index (χ4v) is 4.24. The van der Waals surface area contributed by atoms with E-state index in [1.54, 1.807) is 24.3 Å². The smallest absolute Gasteiger partial charge is 0.318 e. The van der Waals surface area contributed by atoms with Crippen molar-refractivity contribution in [2.24, 2.45) is 0 Å². The third-order valence-corrected chi connectivity index (χ3v) is 6.18. The Morgan fingerprint density at radius 2 is 1.63 bits per heavy atom. The number of ether oxygens (including phenoxy) is 1. The van der Waals surface area contributed by atoms with E-state index in [0.29, 0.717) is 43.8 Å². The van der Waals surface area contributed by atoms with Crippen LogP contribution in [0.15, 0.2) is 33.6 Å². The number of hydrogen-bond acceptors (Lipinski definition) is 7. The van der Waals surface area contributed by atoms with Gasteiger partial charge in [-0.15, -0.1) is 5.10 Å². The fourth-order valence-electron chi connectivity index (χ4n) is 2.82. The second kappa shape index (κ2) is 7.85. The van der Waals surface area contributed by atoms with Crippen LogP contribution in [0.1, 0.15) is 39.5 Å². The molecule has 3 rings (SSSR count). The molecule has 0 bridgehead atoms. The first-order valence-corrected chi connectivity index (χ1v) is 10.6. The van der Waals surface area contributed by atoms with E-state index in [1.165, 1.54) is 4.31 Å². The topological polar surface area (TPSA) is 88.8 Å². The molecule has 0 N–H and O–H groups in total. The largest absolute Gasteiger partial charge is 0.491 e. The third kappa shape index (κ3) is 4.41. The zero-order valence-electron chi connectivity index (χ0n) is 16.1. The molecule has 9 heteroatoms. The third-order valence-electron chi connectivity index (χ3n) is 4.27. The summed E-state index contributed by atoms with van der Waals surface area (Å²) in [5.74, 6) is 1.41. The van der Waals surface area contributed by atoms with Gasteiger partial charge in [-0.3, -0.25) is 0 Å². The Hall–Kier alpha value is -2.13. The van der Waals surface area contributed by atoms with Crippen molar-refractivity contribution in [2.75, 3.05) is 31.1 Å². The molecule has 0 spiro atoms. The minimum atomic E-state index is -3.54. The second-order valence-electron chi connectivity index (χ2n) is 7.11. The number of piperazine rings is 1. The zero-order valence-corrected chi connectivity index (χ0v) is 16.9. The van der Waals surface area contributed by atoms with Gasteiger partial charge in [-0.05, 0) is 38.1 Å². The molecule has 0 amide bonds. The summed E-state index contributed by atoms with van der Waals surface area (Å²) in [5.41, 5.74) is 0. The molecule has 1 fully saturated rings. The van der Waals surface area contributed by atoms with Gasteiger partial charge in [-0.1, -0.05) is 18.9 Å². The van der Waals surface area contributed by atoms with E-state index in [1.807, 2.05) is 32.6 Å². The summed E-state index contributed by atoms with van der Waals surface area (Å²) < 4.78 is 38.5. The highest BCUT2D eigenvalue weighted by atomic mass is 32.2. The molecule has 1 aromatic heterocycles. The van der Waals surface area contributed by atoms with Gasteiger partial charge < -0.3 is 14.1 Å². The lowest BCUT2D eigenvalue weighted by Crippen LogP contribution is -2.48. The van der Waals surface area contributed by atoms with Crippen LogP contribution in [0.4, 0.5) is 6.01 Å². The van der Waals surface area contributed by atoms with Gasteiger partial charge in [0, 0.05) is 32.1 Å². The molecule has 1 aromatic carbocycles. The Bertz CT molecular complexity index is 854. The predicted molar refractivity (Wildman–Crippen MR) is 102 cm³/mol. The molecule has 0 unspecified atom stereocenters. The van der Waals surface area contributed by atoms with E-state index in [-0.39, 0.29) is 16.9 Å². The van der Waals surface area contributed by atoms with Crippen LogP contribution in [-0.2, 0) is 10.0 Å². The van der Waals surface area contributed by atoms with Crippen molar-refractivity contribution in [3.63, 3.8) is 0 Å². The zero-order chi connectivity index (χ0) is 19.6. The number of benzene rings is 1. The number of anilines is 1. The normalized spacial score (nSPS) is 16.3. The minimum Gasteiger partial charge on any atom is -0.491 e. The summed E-state index contributed by atoms with van der Waals surface area (Å²) >= 11 is 0. The lowest BCUT2D eigenvalue weighted by atomic mass is 10.2. The van der Waals surface area contributed by atoms with E-state index in [2.05, 4.69) is 10.2 Å². The summed E-state index contributed by atoms with van der Waals surface area (Å²) in [5, 5.41) is 8.10. The maximum absolute atomic E-state index is 12.9. The van der Waals surface area contributed by atoms with E-state index in [9.17, 15) is 8.42 Å². The lowest BCUT2D eigenvalue weighted by Gasteiger charge is -2.32. The second-order valence-corrected chi connectivity index (χ2v) is 9.04. The SMILES string of the molecule is CC(C)Oc1ccc(S(=O)(=O)N2CCN(c3nnc(C(C)C)o3)CC2)cc1. The van der Waals surface area contributed by atoms with Crippen molar-refractivity contribution in [3.8, 4) is 5.75 Å². The van der Waals surface area contributed by atoms with Crippen LogP contribution in [0.5, 0.6) is 5.75 Å². The van der Waals surface area contributed by atoms with E-state index >= 15 is 0 Å². The molecule has 148 valence electrons. The molecule has 0 atom stereocenters. The van der Waals surface area contributed by atoms with Crippen molar-refractivity contribution in [3.05, 3.63) is 30.2 Å². The molecule has 27 heavy (non-hydrogen) atoms. The number of nitrogens with zero attached hydrogens (tertiary/aromatic N) is 4. The molecule has 1 aliphatic rings. The highest BCUT2D eigenvalue weighted by Gasteiger charge is 2.30. The van der Waals surface area contributed by atoms with Crippen LogP contribution < -0.4 is 9.64 Å². The Kier molecular flexibility index (Phi) is 5.71. The Balaban J connectivity index is 1.65. The minimum absolute atomic E-state index is 0.0430. The Morgan fingerprint density at radius 3 is 2.15 bits per heavy atom. The van der Waals surface area contributed by atoms with Crippen molar-refractivity contribution in [2.45, 2.75) is 44.6 Å². The molecule has 8 nitrogen and oxygen atoms in total. The van der Waals surface area contributed by atoms with Crippen LogP contribution in [0.3, 0.4) is 0 Å². The Morgan fingerprint density at radius 1 is 1.00 bits per heavy atom. The molecule has 1 aliphatic heterocycles. The quantitative estimate of drug-likeness (QED) is 0.744. The summed E-state index contributed by atoms with van der Waals surface area (Å²) in [4.78, 5) is 2.19. The van der Waals surface area contributed by atoms with Crippen molar-refractivity contribution in [1.82, 2.24) is 14.5 Å².